The molecule has 0 bridgehead atoms. The average molecular weight is 273 g/mol. The summed E-state index contributed by atoms with van der Waals surface area (Å²) in [6.07, 6.45) is 1.91. The van der Waals surface area contributed by atoms with E-state index in [2.05, 4.69) is 4.98 Å². The first-order chi connectivity index (χ1) is 9.67. The van der Waals surface area contributed by atoms with E-state index in [1.54, 1.807) is 22.6 Å². The van der Waals surface area contributed by atoms with Crippen LogP contribution in [0.15, 0.2) is 42.6 Å². The second-order valence-electron chi connectivity index (χ2n) is 4.59. The van der Waals surface area contributed by atoms with E-state index in [9.17, 15) is 8.78 Å². The Morgan fingerprint density at radius 1 is 1.00 bits per heavy atom. The summed E-state index contributed by atoms with van der Waals surface area (Å²) in [5.41, 5.74) is 8.89. The van der Waals surface area contributed by atoms with Crippen molar-refractivity contribution in [2.45, 2.75) is 13.0 Å². The van der Waals surface area contributed by atoms with Crippen LogP contribution >= 0.6 is 0 Å². The third-order valence-corrected chi connectivity index (χ3v) is 3.24. The smallest absolute Gasteiger partial charge is 0.139 e. The van der Waals surface area contributed by atoms with Gasteiger partial charge in [0, 0.05) is 19.2 Å². The number of hydrogen-bond acceptors (Lipinski definition) is 2. The van der Waals surface area contributed by atoms with E-state index in [-0.39, 0.29) is 18.2 Å². The van der Waals surface area contributed by atoms with Gasteiger partial charge in [0.15, 0.2) is 0 Å². The molecule has 2 heterocycles. The molecule has 2 aromatic heterocycles. The first kappa shape index (κ1) is 12.7. The summed E-state index contributed by atoms with van der Waals surface area (Å²) in [5, 5.41) is 0. The van der Waals surface area contributed by atoms with Gasteiger partial charge in [0.25, 0.3) is 0 Å². The number of nitrogens with zero attached hydrogens (tertiary/aromatic N) is 2. The lowest BCUT2D eigenvalue weighted by molar-refractivity contribution is 0.617. The first-order valence-corrected chi connectivity index (χ1v) is 6.27. The molecule has 0 aliphatic heterocycles. The first-order valence-electron chi connectivity index (χ1n) is 6.27. The summed E-state index contributed by atoms with van der Waals surface area (Å²) in [5.74, 6) is -0.609. The van der Waals surface area contributed by atoms with Crippen molar-refractivity contribution >= 4 is 5.65 Å². The number of aromatic nitrogens is 2. The van der Waals surface area contributed by atoms with E-state index in [0.717, 1.165) is 17.0 Å². The molecule has 0 fully saturated rings. The van der Waals surface area contributed by atoms with Crippen molar-refractivity contribution in [1.29, 1.82) is 0 Å². The minimum atomic E-state index is -0.335. The molecule has 0 spiro atoms. The fourth-order valence-corrected chi connectivity index (χ4v) is 2.27. The van der Waals surface area contributed by atoms with Gasteiger partial charge in [-0.15, -0.1) is 0 Å². The predicted molar refractivity (Wildman–Crippen MR) is 72.2 cm³/mol. The normalized spacial score (nSPS) is 11.2. The largest absolute Gasteiger partial charge is 0.325 e. The van der Waals surface area contributed by atoms with Gasteiger partial charge in [-0.25, -0.2) is 13.8 Å². The minimum Gasteiger partial charge on any atom is -0.325 e. The maximum atomic E-state index is 13.3. The fraction of sp³-hybridized carbons (Fsp3) is 0.133. The van der Waals surface area contributed by atoms with Crippen molar-refractivity contribution in [3.63, 3.8) is 0 Å². The van der Waals surface area contributed by atoms with Gasteiger partial charge in [-0.3, -0.25) is 4.40 Å². The summed E-state index contributed by atoms with van der Waals surface area (Å²) in [7, 11) is 0. The van der Waals surface area contributed by atoms with E-state index in [1.807, 2.05) is 0 Å². The Labute approximate surface area is 114 Å². The lowest BCUT2D eigenvalue weighted by Gasteiger charge is -2.03. The third-order valence-electron chi connectivity index (χ3n) is 3.24. The van der Waals surface area contributed by atoms with E-state index < -0.39 is 0 Å². The van der Waals surface area contributed by atoms with E-state index in [4.69, 9.17) is 5.73 Å². The van der Waals surface area contributed by atoms with Crippen molar-refractivity contribution in [3.8, 4) is 0 Å². The van der Waals surface area contributed by atoms with Crippen LogP contribution in [-0.4, -0.2) is 9.38 Å². The number of nitrogens with two attached hydrogens (primary N) is 1. The molecule has 0 amide bonds. The molecule has 0 unspecified atom stereocenters. The molecule has 3 aromatic rings. The topological polar surface area (TPSA) is 43.3 Å². The van der Waals surface area contributed by atoms with E-state index in [1.165, 1.54) is 24.4 Å². The van der Waals surface area contributed by atoms with Crippen LogP contribution in [0.1, 0.15) is 17.0 Å². The monoisotopic (exact) mass is 273 g/mol. The second kappa shape index (κ2) is 5.02. The van der Waals surface area contributed by atoms with Crippen LogP contribution in [0.2, 0.25) is 0 Å². The SMILES string of the molecule is NCc1c(Cc2ccc(F)cc2)nc2ccc(F)cn12. The number of pyridine rings is 1. The van der Waals surface area contributed by atoms with Crippen LogP contribution in [0, 0.1) is 11.6 Å². The minimum absolute atomic E-state index is 0.265. The van der Waals surface area contributed by atoms with Crippen LogP contribution in [0.3, 0.4) is 0 Å². The lowest BCUT2D eigenvalue weighted by atomic mass is 10.1. The summed E-state index contributed by atoms with van der Waals surface area (Å²) >= 11 is 0. The lowest BCUT2D eigenvalue weighted by Crippen LogP contribution is -2.05. The summed E-state index contributed by atoms with van der Waals surface area (Å²) < 4.78 is 27.9. The maximum absolute atomic E-state index is 13.3. The average Bonchev–Trinajstić information content (AvgIpc) is 2.78. The molecule has 0 aliphatic rings. The molecule has 0 radical (unpaired) electrons. The van der Waals surface area contributed by atoms with Gasteiger partial charge in [-0.1, -0.05) is 12.1 Å². The number of hydrogen-bond donors (Lipinski definition) is 1. The highest BCUT2D eigenvalue weighted by Gasteiger charge is 2.12. The highest BCUT2D eigenvalue weighted by molar-refractivity contribution is 5.44. The highest BCUT2D eigenvalue weighted by Crippen LogP contribution is 2.17. The van der Waals surface area contributed by atoms with Gasteiger partial charge in [0.2, 0.25) is 0 Å². The Hall–Kier alpha value is -2.27. The van der Waals surface area contributed by atoms with E-state index >= 15 is 0 Å². The number of benzene rings is 1. The highest BCUT2D eigenvalue weighted by atomic mass is 19.1. The van der Waals surface area contributed by atoms with Crippen LogP contribution in [0.4, 0.5) is 8.78 Å². The van der Waals surface area contributed by atoms with Gasteiger partial charge < -0.3 is 5.73 Å². The molecule has 2 N–H and O–H groups in total. The molecule has 20 heavy (non-hydrogen) atoms. The van der Waals surface area contributed by atoms with Crippen LogP contribution in [0.5, 0.6) is 0 Å². The molecule has 0 saturated carbocycles. The number of imidazole rings is 1. The fourth-order valence-electron chi connectivity index (χ4n) is 2.27. The number of fused-ring (bicyclic) bond motifs is 1. The van der Waals surface area contributed by atoms with E-state index in [0.29, 0.717) is 12.1 Å². The molecule has 0 saturated heterocycles. The van der Waals surface area contributed by atoms with Gasteiger partial charge in [0.05, 0.1) is 11.4 Å². The Bertz CT molecular complexity index is 748. The molecular formula is C15H13F2N3. The molecule has 5 heteroatoms. The van der Waals surface area contributed by atoms with Gasteiger partial charge in [0.1, 0.15) is 17.3 Å². The Morgan fingerprint density at radius 3 is 2.40 bits per heavy atom. The summed E-state index contributed by atoms with van der Waals surface area (Å²) in [4.78, 5) is 4.46. The summed E-state index contributed by atoms with van der Waals surface area (Å²) in [6, 6.07) is 9.22. The Kier molecular flexibility index (Phi) is 3.20. The van der Waals surface area contributed by atoms with Gasteiger partial charge in [-0.2, -0.15) is 0 Å². The standard InChI is InChI=1S/C15H13F2N3/c16-11-3-1-10(2-4-11)7-13-14(8-18)20-9-12(17)5-6-15(20)19-13/h1-6,9H,7-8,18H2. The van der Waals surface area contributed by atoms with Crippen molar-refractivity contribution in [2.75, 3.05) is 0 Å². The molecule has 1 aromatic carbocycles. The zero-order chi connectivity index (χ0) is 14.1. The summed E-state index contributed by atoms with van der Waals surface area (Å²) in [6.45, 7) is 0.265. The van der Waals surface area contributed by atoms with Crippen LogP contribution in [-0.2, 0) is 13.0 Å². The predicted octanol–water partition coefficient (Wildman–Crippen LogP) is 2.66. The van der Waals surface area contributed by atoms with Gasteiger partial charge >= 0.3 is 0 Å². The van der Waals surface area contributed by atoms with Crippen LogP contribution < -0.4 is 5.73 Å². The van der Waals surface area contributed by atoms with Crippen molar-refractivity contribution in [1.82, 2.24) is 9.38 Å². The Balaban J connectivity index is 2.04. The molecule has 0 atom stereocenters. The molecule has 3 nitrogen and oxygen atoms in total. The Morgan fingerprint density at radius 2 is 1.70 bits per heavy atom. The molecule has 3 rings (SSSR count). The number of rotatable bonds is 3. The molecular weight excluding hydrogens is 260 g/mol. The van der Waals surface area contributed by atoms with Crippen molar-refractivity contribution < 1.29 is 8.78 Å². The second-order valence-corrected chi connectivity index (χ2v) is 4.59. The molecule has 0 aliphatic carbocycles. The third kappa shape index (κ3) is 2.28. The quantitative estimate of drug-likeness (QED) is 0.797. The van der Waals surface area contributed by atoms with Crippen LogP contribution in [0.25, 0.3) is 5.65 Å². The zero-order valence-corrected chi connectivity index (χ0v) is 10.7. The number of halogens is 2. The maximum Gasteiger partial charge on any atom is 0.139 e. The molecule has 102 valence electrons. The zero-order valence-electron chi connectivity index (χ0n) is 10.7. The van der Waals surface area contributed by atoms with Gasteiger partial charge in [-0.05, 0) is 29.8 Å². The van der Waals surface area contributed by atoms with Crippen molar-refractivity contribution in [2.24, 2.45) is 5.73 Å². The van der Waals surface area contributed by atoms with Crippen molar-refractivity contribution in [3.05, 3.63) is 71.2 Å².